The van der Waals surface area contributed by atoms with Crippen LogP contribution in [-0.4, -0.2) is 12.1 Å². The SMILES string of the molecule is O=C(N/N=C\c1ccc(-c2ccc(Br)cc2)o1)C(c1ccccc1)c1ccccc1. The van der Waals surface area contributed by atoms with E-state index in [1.807, 2.05) is 97.1 Å². The molecule has 0 aliphatic carbocycles. The number of nitrogens with one attached hydrogen (secondary N) is 1. The first-order valence-electron chi connectivity index (χ1n) is 9.49. The lowest BCUT2D eigenvalue weighted by atomic mass is 9.91. The summed E-state index contributed by atoms with van der Waals surface area (Å²) in [6.07, 6.45) is 1.51. The maximum Gasteiger partial charge on any atom is 0.252 e. The first kappa shape index (κ1) is 19.9. The average molecular weight is 459 g/mol. The Kier molecular flexibility index (Phi) is 6.20. The minimum Gasteiger partial charge on any atom is -0.455 e. The number of halogens is 1. The highest BCUT2D eigenvalue weighted by molar-refractivity contribution is 9.10. The predicted molar refractivity (Wildman–Crippen MR) is 122 cm³/mol. The molecule has 1 aromatic heterocycles. The lowest BCUT2D eigenvalue weighted by molar-refractivity contribution is -0.121. The Morgan fingerprint density at radius 3 is 2.03 bits per heavy atom. The lowest BCUT2D eigenvalue weighted by Crippen LogP contribution is -2.26. The van der Waals surface area contributed by atoms with E-state index in [9.17, 15) is 4.79 Å². The summed E-state index contributed by atoms with van der Waals surface area (Å²) in [4.78, 5) is 12.9. The van der Waals surface area contributed by atoms with Crippen LogP contribution in [0.5, 0.6) is 0 Å². The van der Waals surface area contributed by atoms with Gasteiger partial charge in [-0.3, -0.25) is 4.79 Å². The second-order valence-electron chi connectivity index (χ2n) is 6.70. The van der Waals surface area contributed by atoms with Crippen LogP contribution in [0.2, 0.25) is 0 Å². The molecular weight excluding hydrogens is 440 g/mol. The minimum atomic E-state index is -0.445. The third kappa shape index (κ3) is 4.75. The van der Waals surface area contributed by atoms with Crippen molar-refractivity contribution in [3.8, 4) is 11.3 Å². The molecule has 1 amide bonds. The van der Waals surface area contributed by atoms with Crippen LogP contribution in [0.15, 0.2) is 111 Å². The van der Waals surface area contributed by atoms with Gasteiger partial charge in [0.05, 0.1) is 12.1 Å². The molecule has 1 heterocycles. The van der Waals surface area contributed by atoms with Gasteiger partial charge in [0.15, 0.2) is 0 Å². The van der Waals surface area contributed by atoms with Gasteiger partial charge in [-0.2, -0.15) is 5.10 Å². The van der Waals surface area contributed by atoms with Crippen molar-refractivity contribution < 1.29 is 9.21 Å². The molecule has 0 aliphatic rings. The zero-order valence-corrected chi connectivity index (χ0v) is 17.6. The number of hydrogen-bond acceptors (Lipinski definition) is 3. The summed E-state index contributed by atoms with van der Waals surface area (Å²) in [5.74, 6) is 0.647. The van der Waals surface area contributed by atoms with Crippen molar-refractivity contribution in [2.45, 2.75) is 5.92 Å². The summed E-state index contributed by atoms with van der Waals surface area (Å²) in [5, 5.41) is 4.11. The van der Waals surface area contributed by atoms with Crippen LogP contribution in [0.25, 0.3) is 11.3 Å². The Bertz CT molecular complexity index is 1100. The van der Waals surface area contributed by atoms with Gasteiger partial charge in [-0.05, 0) is 35.4 Å². The quantitative estimate of drug-likeness (QED) is 0.284. The molecule has 4 rings (SSSR count). The molecule has 0 aliphatic heterocycles. The molecule has 0 bridgehead atoms. The van der Waals surface area contributed by atoms with Crippen LogP contribution >= 0.6 is 15.9 Å². The zero-order chi connectivity index (χ0) is 20.8. The molecule has 4 aromatic rings. The maximum atomic E-state index is 12.9. The Morgan fingerprint density at radius 1 is 0.833 bits per heavy atom. The second-order valence-corrected chi connectivity index (χ2v) is 7.61. The van der Waals surface area contributed by atoms with Gasteiger partial charge in [0.2, 0.25) is 0 Å². The number of hydrogen-bond donors (Lipinski definition) is 1. The number of carbonyl (C=O) groups is 1. The summed E-state index contributed by atoms with van der Waals surface area (Å²) in [6.45, 7) is 0. The van der Waals surface area contributed by atoms with Gasteiger partial charge in [-0.1, -0.05) is 88.7 Å². The molecule has 0 radical (unpaired) electrons. The van der Waals surface area contributed by atoms with Gasteiger partial charge in [0, 0.05) is 10.0 Å². The Labute approximate surface area is 183 Å². The second kappa shape index (κ2) is 9.37. The number of furan rings is 1. The molecule has 0 unspecified atom stereocenters. The Morgan fingerprint density at radius 2 is 1.43 bits per heavy atom. The van der Waals surface area contributed by atoms with Crippen LogP contribution in [0.1, 0.15) is 22.8 Å². The third-order valence-electron chi connectivity index (χ3n) is 4.65. The van der Waals surface area contributed by atoms with Gasteiger partial charge >= 0.3 is 0 Å². The van der Waals surface area contributed by atoms with E-state index in [-0.39, 0.29) is 5.91 Å². The van der Waals surface area contributed by atoms with Crippen molar-refractivity contribution in [1.82, 2.24) is 5.43 Å². The molecule has 0 saturated heterocycles. The topological polar surface area (TPSA) is 54.6 Å². The van der Waals surface area contributed by atoms with E-state index in [2.05, 4.69) is 26.5 Å². The van der Waals surface area contributed by atoms with Crippen molar-refractivity contribution in [3.63, 3.8) is 0 Å². The maximum absolute atomic E-state index is 12.9. The monoisotopic (exact) mass is 458 g/mol. The van der Waals surface area contributed by atoms with E-state index in [0.717, 1.165) is 26.9 Å². The number of amides is 1. The number of nitrogens with zero attached hydrogens (tertiary/aromatic N) is 1. The van der Waals surface area contributed by atoms with Crippen molar-refractivity contribution in [2.24, 2.45) is 5.10 Å². The summed E-state index contributed by atoms with van der Waals surface area (Å²) in [6, 6.07) is 30.9. The van der Waals surface area contributed by atoms with E-state index in [4.69, 9.17) is 4.42 Å². The summed E-state index contributed by atoms with van der Waals surface area (Å²) in [5.41, 5.74) is 5.44. The zero-order valence-electron chi connectivity index (χ0n) is 16.0. The van der Waals surface area contributed by atoms with E-state index < -0.39 is 5.92 Å². The number of benzene rings is 3. The van der Waals surface area contributed by atoms with E-state index in [1.54, 1.807) is 0 Å². The van der Waals surface area contributed by atoms with Gasteiger partial charge in [0.25, 0.3) is 5.91 Å². The minimum absolute atomic E-state index is 0.205. The lowest BCUT2D eigenvalue weighted by Gasteiger charge is -2.16. The fourth-order valence-electron chi connectivity index (χ4n) is 3.20. The average Bonchev–Trinajstić information content (AvgIpc) is 3.25. The van der Waals surface area contributed by atoms with Crippen LogP contribution in [0, 0.1) is 0 Å². The molecule has 30 heavy (non-hydrogen) atoms. The van der Waals surface area contributed by atoms with Crippen molar-refractivity contribution in [3.05, 3.63) is 118 Å². The number of carbonyl (C=O) groups excluding carboxylic acids is 1. The molecule has 1 N–H and O–H groups in total. The third-order valence-corrected chi connectivity index (χ3v) is 5.18. The van der Waals surface area contributed by atoms with E-state index >= 15 is 0 Å². The van der Waals surface area contributed by atoms with E-state index in [0.29, 0.717) is 5.76 Å². The van der Waals surface area contributed by atoms with Crippen LogP contribution in [-0.2, 0) is 4.79 Å². The molecule has 4 nitrogen and oxygen atoms in total. The van der Waals surface area contributed by atoms with E-state index in [1.165, 1.54) is 6.21 Å². The predicted octanol–water partition coefficient (Wildman–Crippen LogP) is 5.99. The van der Waals surface area contributed by atoms with Crippen molar-refractivity contribution >= 4 is 28.1 Å². The number of hydrazone groups is 1. The van der Waals surface area contributed by atoms with Crippen molar-refractivity contribution in [2.75, 3.05) is 0 Å². The summed E-state index contributed by atoms with van der Waals surface area (Å²) < 4.78 is 6.81. The Hall–Kier alpha value is -3.44. The highest BCUT2D eigenvalue weighted by atomic mass is 79.9. The smallest absolute Gasteiger partial charge is 0.252 e. The fraction of sp³-hybridized carbons (Fsp3) is 0.0400. The van der Waals surface area contributed by atoms with Gasteiger partial charge in [-0.25, -0.2) is 5.43 Å². The van der Waals surface area contributed by atoms with Crippen LogP contribution in [0.3, 0.4) is 0 Å². The molecule has 0 atom stereocenters. The molecule has 148 valence electrons. The molecule has 0 spiro atoms. The highest BCUT2D eigenvalue weighted by Crippen LogP contribution is 2.25. The Balaban J connectivity index is 1.48. The normalized spacial score (nSPS) is 11.1. The molecule has 3 aromatic carbocycles. The van der Waals surface area contributed by atoms with Gasteiger partial charge in [0.1, 0.15) is 11.5 Å². The molecule has 5 heteroatoms. The van der Waals surface area contributed by atoms with Crippen LogP contribution < -0.4 is 5.43 Å². The van der Waals surface area contributed by atoms with Gasteiger partial charge < -0.3 is 4.42 Å². The highest BCUT2D eigenvalue weighted by Gasteiger charge is 2.22. The van der Waals surface area contributed by atoms with Crippen molar-refractivity contribution in [1.29, 1.82) is 0 Å². The fourth-order valence-corrected chi connectivity index (χ4v) is 3.47. The standard InChI is InChI=1S/C25H19BrN2O2/c26-21-13-11-18(12-14-21)23-16-15-22(30-23)17-27-28-25(29)24(19-7-3-1-4-8-19)20-9-5-2-6-10-20/h1-17,24H,(H,28,29)/b27-17-. The molecule has 0 saturated carbocycles. The van der Waals surface area contributed by atoms with Crippen LogP contribution in [0.4, 0.5) is 0 Å². The molecular formula is C25H19BrN2O2. The summed E-state index contributed by atoms with van der Waals surface area (Å²) >= 11 is 3.42. The largest absolute Gasteiger partial charge is 0.455 e. The first-order chi connectivity index (χ1) is 14.7. The van der Waals surface area contributed by atoms with Gasteiger partial charge in [-0.15, -0.1) is 0 Å². The molecule has 0 fully saturated rings. The summed E-state index contributed by atoms with van der Waals surface area (Å²) in [7, 11) is 0. The first-order valence-corrected chi connectivity index (χ1v) is 10.3. The number of rotatable bonds is 6.